The number of nitrogens with zero attached hydrogens (tertiary/aromatic N) is 1. The SMILES string of the molecule is O=C(O)c1cnccc1NCCSC(F)(F)F. The molecule has 1 heterocycles. The Labute approximate surface area is 99.2 Å². The number of nitrogens with one attached hydrogen (secondary N) is 1. The van der Waals surface area contributed by atoms with E-state index in [9.17, 15) is 18.0 Å². The first kappa shape index (κ1) is 13.6. The minimum absolute atomic E-state index is 0.0223. The normalized spacial score (nSPS) is 11.2. The monoisotopic (exact) mass is 266 g/mol. The van der Waals surface area contributed by atoms with Gasteiger partial charge in [-0.25, -0.2) is 4.79 Å². The van der Waals surface area contributed by atoms with Gasteiger partial charge in [0.2, 0.25) is 0 Å². The van der Waals surface area contributed by atoms with Crippen molar-refractivity contribution >= 4 is 23.4 Å². The summed E-state index contributed by atoms with van der Waals surface area (Å²) in [5.74, 6) is -1.37. The highest BCUT2D eigenvalue weighted by atomic mass is 32.2. The number of carbonyl (C=O) groups is 1. The average Bonchev–Trinajstić information content (AvgIpc) is 2.23. The van der Waals surface area contributed by atoms with E-state index in [2.05, 4.69) is 10.3 Å². The summed E-state index contributed by atoms with van der Waals surface area (Å²) in [6, 6.07) is 1.40. The second-order valence-electron chi connectivity index (χ2n) is 2.95. The van der Waals surface area contributed by atoms with Crippen molar-refractivity contribution in [3.63, 3.8) is 0 Å². The number of thioether (sulfide) groups is 1. The molecule has 94 valence electrons. The topological polar surface area (TPSA) is 62.2 Å². The Kier molecular flexibility index (Phi) is 4.62. The highest BCUT2D eigenvalue weighted by Crippen LogP contribution is 2.29. The predicted molar refractivity (Wildman–Crippen MR) is 58.2 cm³/mol. The standard InChI is InChI=1S/C9H9F3N2O2S/c10-9(11,12)17-4-3-14-7-1-2-13-5-6(7)8(15)16/h1-2,5H,3-4H2,(H,13,14)(H,15,16). The minimum atomic E-state index is -4.27. The van der Waals surface area contributed by atoms with E-state index >= 15 is 0 Å². The first-order valence-electron chi connectivity index (χ1n) is 4.52. The van der Waals surface area contributed by atoms with E-state index in [0.29, 0.717) is 0 Å². The van der Waals surface area contributed by atoms with Crippen molar-refractivity contribution in [2.75, 3.05) is 17.6 Å². The molecule has 1 aromatic rings. The molecule has 0 fully saturated rings. The van der Waals surface area contributed by atoms with Gasteiger partial charge in [0.25, 0.3) is 0 Å². The number of anilines is 1. The Balaban J connectivity index is 2.49. The molecule has 0 bridgehead atoms. The lowest BCUT2D eigenvalue weighted by Crippen LogP contribution is -2.12. The molecule has 1 rings (SSSR count). The van der Waals surface area contributed by atoms with Crippen LogP contribution in [-0.4, -0.2) is 33.9 Å². The second kappa shape index (κ2) is 5.76. The van der Waals surface area contributed by atoms with Crippen LogP contribution in [0.25, 0.3) is 0 Å². The van der Waals surface area contributed by atoms with E-state index in [-0.39, 0.29) is 35.3 Å². The molecule has 0 aliphatic heterocycles. The number of rotatable bonds is 5. The number of hydrogen-bond donors (Lipinski definition) is 2. The number of alkyl halides is 3. The molecule has 0 aromatic carbocycles. The van der Waals surface area contributed by atoms with Gasteiger partial charge in [-0.05, 0) is 17.8 Å². The van der Waals surface area contributed by atoms with Crippen molar-refractivity contribution in [1.82, 2.24) is 4.98 Å². The van der Waals surface area contributed by atoms with E-state index in [1.165, 1.54) is 12.3 Å². The molecule has 4 nitrogen and oxygen atoms in total. The molecule has 0 spiro atoms. The third-order valence-corrected chi connectivity index (χ3v) is 2.47. The lowest BCUT2D eigenvalue weighted by atomic mass is 10.2. The van der Waals surface area contributed by atoms with Gasteiger partial charge >= 0.3 is 11.5 Å². The van der Waals surface area contributed by atoms with Crippen LogP contribution in [0.1, 0.15) is 10.4 Å². The summed E-state index contributed by atoms with van der Waals surface area (Å²) < 4.78 is 35.5. The fourth-order valence-electron chi connectivity index (χ4n) is 1.07. The van der Waals surface area contributed by atoms with Crippen molar-refractivity contribution in [1.29, 1.82) is 0 Å². The van der Waals surface area contributed by atoms with Crippen molar-refractivity contribution in [3.8, 4) is 0 Å². The van der Waals surface area contributed by atoms with Crippen LogP contribution in [0.4, 0.5) is 18.9 Å². The van der Waals surface area contributed by atoms with Gasteiger partial charge in [0.05, 0.1) is 5.69 Å². The van der Waals surface area contributed by atoms with Gasteiger partial charge in [0, 0.05) is 24.7 Å². The number of pyridine rings is 1. The highest BCUT2D eigenvalue weighted by Gasteiger charge is 2.27. The van der Waals surface area contributed by atoms with Crippen molar-refractivity contribution in [2.24, 2.45) is 0 Å². The molecular weight excluding hydrogens is 257 g/mol. The highest BCUT2D eigenvalue weighted by molar-refractivity contribution is 8.00. The van der Waals surface area contributed by atoms with Crippen molar-refractivity contribution in [3.05, 3.63) is 24.0 Å². The molecule has 2 N–H and O–H groups in total. The molecule has 0 atom stereocenters. The molecule has 17 heavy (non-hydrogen) atoms. The molecule has 0 saturated heterocycles. The van der Waals surface area contributed by atoms with Crippen LogP contribution in [0.5, 0.6) is 0 Å². The van der Waals surface area contributed by atoms with Crippen LogP contribution in [0.2, 0.25) is 0 Å². The number of aromatic nitrogens is 1. The first-order valence-corrected chi connectivity index (χ1v) is 5.50. The Morgan fingerprint density at radius 1 is 1.53 bits per heavy atom. The zero-order chi connectivity index (χ0) is 12.9. The summed E-state index contributed by atoms with van der Waals surface area (Å²) in [4.78, 5) is 14.4. The zero-order valence-electron chi connectivity index (χ0n) is 8.49. The smallest absolute Gasteiger partial charge is 0.441 e. The largest absolute Gasteiger partial charge is 0.478 e. The van der Waals surface area contributed by atoms with Gasteiger partial charge in [0.15, 0.2) is 0 Å². The summed E-state index contributed by atoms with van der Waals surface area (Å²) in [6.07, 6.45) is 2.51. The number of hydrogen-bond acceptors (Lipinski definition) is 4. The van der Waals surface area contributed by atoms with Crippen LogP contribution < -0.4 is 5.32 Å². The lowest BCUT2D eigenvalue weighted by Gasteiger charge is -2.09. The molecule has 0 unspecified atom stereocenters. The third-order valence-electron chi connectivity index (χ3n) is 1.73. The molecule has 0 amide bonds. The Morgan fingerprint density at radius 3 is 2.82 bits per heavy atom. The molecule has 8 heteroatoms. The molecular formula is C9H9F3N2O2S. The first-order chi connectivity index (χ1) is 7.90. The predicted octanol–water partition coefficient (Wildman–Crippen LogP) is 2.44. The van der Waals surface area contributed by atoms with Crippen LogP contribution in [-0.2, 0) is 0 Å². The van der Waals surface area contributed by atoms with Gasteiger partial charge in [-0.15, -0.1) is 0 Å². The third kappa shape index (κ3) is 4.94. The lowest BCUT2D eigenvalue weighted by molar-refractivity contribution is -0.0327. The summed E-state index contributed by atoms with van der Waals surface area (Å²) in [6.45, 7) is 0.0223. The van der Waals surface area contributed by atoms with Crippen LogP contribution >= 0.6 is 11.8 Å². The number of carboxylic acids is 1. The molecule has 1 aromatic heterocycles. The Morgan fingerprint density at radius 2 is 2.24 bits per heavy atom. The van der Waals surface area contributed by atoms with E-state index < -0.39 is 11.5 Å². The fourth-order valence-corrected chi connectivity index (χ4v) is 1.51. The number of carboxylic acid groups (broad SMARTS) is 1. The minimum Gasteiger partial charge on any atom is -0.478 e. The summed E-state index contributed by atoms with van der Waals surface area (Å²) in [5.41, 5.74) is -4.07. The Bertz CT molecular complexity index is 398. The van der Waals surface area contributed by atoms with Gasteiger partial charge < -0.3 is 10.4 Å². The average molecular weight is 266 g/mol. The second-order valence-corrected chi connectivity index (χ2v) is 4.11. The van der Waals surface area contributed by atoms with Gasteiger partial charge in [-0.2, -0.15) is 13.2 Å². The zero-order valence-corrected chi connectivity index (χ0v) is 9.31. The van der Waals surface area contributed by atoms with Crippen LogP contribution in [0.3, 0.4) is 0 Å². The van der Waals surface area contributed by atoms with E-state index in [1.54, 1.807) is 0 Å². The van der Waals surface area contributed by atoms with E-state index in [4.69, 9.17) is 5.11 Å². The van der Waals surface area contributed by atoms with Gasteiger partial charge in [-0.1, -0.05) is 0 Å². The van der Waals surface area contributed by atoms with E-state index in [0.717, 1.165) is 6.20 Å². The summed E-state index contributed by atoms with van der Waals surface area (Å²) >= 11 is -0.158. The molecule has 0 saturated carbocycles. The van der Waals surface area contributed by atoms with E-state index in [1.807, 2.05) is 0 Å². The fraction of sp³-hybridized carbons (Fsp3) is 0.333. The number of halogens is 3. The Hall–Kier alpha value is -1.44. The summed E-state index contributed by atoms with van der Waals surface area (Å²) in [7, 11) is 0. The van der Waals surface area contributed by atoms with Crippen LogP contribution in [0.15, 0.2) is 18.5 Å². The summed E-state index contributed by atoms with van der Waals surface area (Å²) in [5, 5.41) is 11.4. The quantitative estimate of drug-likeness (QED) is 0.801. The number of aromatic carboxylic acids is 1. The van der Waals surface area contributed by atoms with Crippen LogP contribution in [0, 0.1) is 0 Å². The maximum absolute atomic E-state index is 11.8. The van der Waals surface area contributed by atoms with Gasteiger partial charge in [-0.3, -0.25) is 4.98 Å². The van der Waals surface area contributed by atoms with Crippen molar-refractivity contribution < 1.29 is 23.1 Å². The molecule has 0 aliphatic carbocycles. The van der Waals surface area contributed by atoms with Gasteiger partial charge in [0.1, 0.15) is 5.56 Å². The maximum Gasteiger partial charge on any atom is 0.441 e. The van der Waals surface area contributed by atoms with Crippen molar-refractivity contribution in [2.45, 2.75) is 5.51 Å². The molecule has 0 aliphatic rings. The maximum atomic E-state index is 11.8. The molecule has 0 radical (unpaired) electrons.